The highest BCUT2D eigenvalue weighted by molar-refractivity contribution is 7.91. The highest BCUT2D eigenvalue weighted by atomic mass is 32.2. The minimum atomic E-state index is -3.76. The van der Waals surface area contributed by atoms with E-state index in [4.69, 9.17) is 0 Å². The maximum Gasteiger partial charge on any atom is 0.270 e. The Morgan fingerprint density at radius 3 is 2.42 bits per heavy atom. The molecule has 0 aromatic carbocycles. The molecule has 7 nitrogen and oxygen atoms in total. The summed E-state index contributed by atoms with van der Waals surface area (Å²) >= 11 is 0.902. The molecule has 1 unspecified atom stereocenters. The standard InChI is InChI=1S/C17H32N4O3S2/c1-6-8-9-10-11-13-17(4,12-7-2)20-26(23,24)16-19-21(5)15(25-16)18-14(3)22/h20H,6-13H2,1-5H3. The first-order chi connectivity index (χ1) is 12.1. The van der Waals surface area contributed by atoms with Crippen LogP contribution in [0.25, 0.3) is 0 Å². The van der Waals surface area contributed by atoms with Crippen LogP contribution in [0.4, 0.5) is 0 Å². The predicted molar refractivity (Wildman–Crippen MR) is 104 cm³/mol. The Balaban J connectivity index is 2.93. The number of aromatic nitrogens is 2. The van der Waals surface area contributed by atoms with Gasteiger partial charge in [-0.25, -0.2) is 17.8 Å². The van der Waals surface area contributed by atoms with E-state index in [0.29, 0.717) is 0 Å². The summed E-state index contributed by atoms with van der Waals surface area (Å²) in [5.74, 6) is -0.385. The molecule has 9 heteroatoms. The second-order valence-electron chi connectivity index (χ2n) is 6.99. The fourth-order valence-electron chi connectivity index (χ4n) is 2.93. The SMILES string of the molecule is CCCCCCCC(C)(CCC)NS(=O)(=O)c1nn(C)c(=NC(C)=O)s1. The minimum absolute atomic E-state index is 0.0617. The van der Waals surface area contributed by atoms with Crippen LogP contribution in [0.3, 0.4) is 0 Å². The normalized spacial score (nSPS) is 15.2. The van der Waals surface area contributed by atoms with Gasteiger partial charge in [-0.1, -0.05) is 63.7 Å². The predicted octanol–water partition coefficient (Wildman–Crippen LogP) is 3.13. The van der Waals surface area contributed by atoms with Crippen molar-refractivity contribution in [3.8, 4) is 0 Å². The molecule has 0 spiro atoms. The second-order valence-corrected chi connectivity index (χ2v) is 9.80. The minimum Gasteiger partial charge on any atom is -0.273 e. The molecule has 0 saturated heterocycles. The van der Waals surface area contributed by atoms with E-state index in [0.717, 1.165) is 43.4 Å². The maximum absolute atomic E-state index is 12.8. The summed E-state index contributed by atoms with van der Waals surface area (Å²) in [5.41, 5.74) is -0.498. The van der Waals surface area contributed by atoms with Crippen LogP contribution in [0.5, 0.6) is 0 Å². The van der Waals surface area contributed by atoms with Crippen molar-refractivity contribution in [2.75, 3.05) is 0 Å². The van der Waals surface area contributed by atoms with E-state index in [2.05, 4.69) is 28.7 Å². The quantitative estimate of drug-likeness (QED) is 0.573. The summed E-state index contributed by atoms with van der Waals surface area (Å²) < 4.78 is 29.7. The zero-order valence-electron chi connectivity index (χ0n) is 16.5. The van der Waals surface area contributed by atoms with Crippen molar-refractivity contribution in [2.24, 2.45) is 12.0 Å². The third kappa shape index (κ3) is 7.28. The fourth-order valence-corrected chi connectivity index (χ4v) is 5.56. The molecule has 0 radical (unpaired) electrons. The third-order valence-corrected chi connectivity index (χ3v) is 7.19. The first-order valence-corrected chi connectivity index (χ1v) is 11.6. The van der Waals surface area contributed by atoms with Crippen molar-refractivity contribution in [1.82, 2.24) is 14.5 Å². The molecule has 1 aromatic heterocycles. The van der Waals surface area contributed by atoms with E-state index < -0.39 is 15.6 Å². The molecule has 0 saturated carbocycles. The molecular formula is C17H32N4O3S2. The Bertz CT molecular complexity index is 752. The number of hydrogen-bond acceptors (Lipinski definition) is 5. The maximum atomic E-state index is 12.8. The summed E-state index contributed by atoms with van der Waals surface area (Å²) in [6, 6.07) is 0. The van der Waals surface area contributed by atoms with Gasteiger partial charge in [-0.15, -0.1) is 5.10 Å². The van der Waals surface area contributed by atoms with Gasteiger partial charge in [0, 0.05) is 19.5 Å². The van der Waals surface area contributed by atoms with Crippen LogP contribution in [-0.2, 0) is 21.9 Å². The van der Waals surface area contributed by atoms with Crippen molar-refractivity contribution in [2.45, 2.75) is 88.9 Å². The van der Waals surface area contributed by atoms with Crippen molar-refractivity contribution >= 4 is 27.3 Å². The lowest BCUT2D eigenvalue weighted by Crippen LogP contribution is -2.45. The molecule has 0 fully saturated rings. The Labute approximate surface area is 161 Å². The summed E-state index contributed by atoms with van der Waals surface area (Å²) in [7, 11) is -2.18. The molecular weight excluding hydrogens is 372 g/mol. The zero-order chi connectivity index (χ0) is 19.8. The number of hydrogen-bond donors (Lipinski definition) is 1. The van der Waals surface area contributed by atoms with Crippen LogP contribution in [-0.4, -0.2) is 29.6 Å². The summed E-state index contributed by atoms with van der Waals surface area (Å²) in [6.45, 7) is 7.51. The molecule has 1 atom stereocenters. The van der Waals surface area contributed by atoms with E-state index >= 15 is 0 Å². The van der Waals surface area contributed by atoms with Crippen molar-refractivity contribution in [3.05, 3.63) is 4.80 Å². The number of aryl methyl sites for hydroxylation is 1. The molecule has 26 heavy (non-hydrogen) atoms. The van der Waals surface area contributed by atoms with Crippen LogP contribution in [0, 0.1) is 0 Å². The molecule has 1 rings (SSSR count). The first kappa shape index (κ1) is 23.0. The van der Waals surface area contributed by atoms with Crippen LogP contribution >= 0.6 is 11.3 Å². The van der Waals surface area contributed by atoms with E-state index in [1.165, 1.54) is 30.9 Å². The van der Waals surface area contributed by atoms with Crippen LogP contribution < -0.4 is 9.52 Å². The smallest absolute Gasteiger partial charge is 0.270 e. The van der Waals surface area contributed by atoms with Crippen LogP contribution in [0.2, 0.25) is 0 Å². The molecule has 1 amide bonds. The number of carbonyl (C=O) groups excluding carboxylic acids is 1. The molecule has 0 bridgehead atoms. The molecule has 0 aliphatic rings. The molecule has 1 aromatic rings. The van der Waals surface area contributed by atoms with Gasteiger partial charge in [0.25, 0.3) is 10.0 Å². The third-order valence-electron chi connectivity index (χ3n) is 4.18. The fraction of sp³-hybridized carbons (Fsp3) is 0.824. The number of nitrogens with zero attached hydrogens (tertiary/aromatic N) is 3. The zero-order valence-corrected chi connectivity index (χ0v) is 18.2. The van der Waals surface area contributed by atoms with E-state index in [9.17, 15) is 13.2 Å². The first-order valence-electron chi connectivity index (χ1n) is 9.27. The van der Waals surface area contributed by atoms with Crippen molar-refractivity contribution < 1.29 is 13.2 Å². The van der Waals surface area contributed by atoms with Gasteiger partial charge in [0.2, 0.25) is 15.0 Å². The number of rotatable bonds is 11. The summed E-state index contributed by atoms with van der Waals surface area (Å²) in [5, 5.41) is 4.04. The number of carbonyl (C=O) groups is 1. The molecule has 1 heterocycles. The highest BCUT2D eigenvalue weighted by Gasteiger charge is 2.31. The Morgan fingerprint density at radius 2 is 1.85 bits per heavy atom. The number of unbranched alkanes of at least 4 members (excludes halogenated alkanes) is 4. The summed E-state index contributed by atoms with van der Waals surface area (Å²) in [6.07, 6.45) is 8.16. The molecule has 1 N–H and O–H groups in total. The topological polar surface area (TPSA) is 93.4 Å². The van der Waals surface area contributed by atoms with Crippen molar-refractivity contribution in [3.63, 3.8) is 0 Å². The van der Waals surface area contributed by atoms with E-state index in [-0.39, 0.29) is 15.0 Å². The lowest BCUT2D eigenvalue weighted by molar-refractivity contribution is -0.116. The van der Waals surface area contributed by atoms with Gasteiger partial charge in [0.1, 0.15) is 0 Å². The molecule has 0 aliphatic heterocycles. The largest absolute Gasteiger partial charge is 0.273 e. The Hall–Kier alpha value is -1.06. The van der Waals surface area contributed by atoms with Gasteiger partial charge < -0.3 is 0 Å². The van der Waals surface area contributed by atoms with Crippen LogP contribution in [0.1, 0.15) is 79.1 Å². The molecule has 150 valence electrons. The van der Waals surface area contributed by atoms with Gasteiger partial charge >= 0.3 is 0 Å². The lowest BCUT2D eigenvalue weighted by atomic mass is 9.90. The number of amides is 1. The van der Waals surface area contributed by atoms with Gasteiger partial charge in [0.15, 0.2) is 0 Å². The van der Waals surface area contributed by atoms with Gasteiger partial charge in [-0.05, 0) is 19.8 Å². The second kappa shape index (κ2) is 10.3. The number of nitrogens with one attached hydrogen (secondary N) is 1. The average Bonchev–Trinajstić information content (AvgIpc) is 2.88. The monoisotopic (exact) mass is 404 g/mol. The van der Waals surface area contributed by atoms with Gasteiger partial charge in [-0.3, -0.25) is 4.79 Å². The van der Waals surface area contributed by atoms with Gasteiger partial charge in [-0.2, -0.15) is 4.99 Å². The Morgan fingerprint density at radius 1 is 1.19 bits per heavy atom. The van der Waals surface area contributed by atoms with E-state index in [1.54, 1.807) is 7.05 Å². The van der Waals surface area contributed by atoms with Crippen molar-refractivity contribution in [1.29, 1.82) is 0 Å². The van der Waals surface area contributed by atoms with Gasteiger partial charge in [0.05, 0.1) is 0 Å². The number of sulfonamides is 1. The Kier molecular flexibility index (Phi) is 9.12. The lowest BCUT2D eigenvalue weighted by Gasteiger charge is -2.30. The van der Waals surface area contributed by atoms with Crippen LogP contribution in [0.15, 0.2) is 9.33 Å². The van der Waals surface area contributed by atoms with E-state index in [1.807, 2.05) is 6.92 Å². The summed E-state index contributed by atoms with van der Waals surface area (Å²) in [4.78, 5) is 15.2. The molecule has 0 aliphatic carbocycles. The highest BCUT2D eigenvalue weighted by Crippen LogP contribution is 2.24. The average molecular weight is 405 g/mol.